The summed E-state index contributed by atoms with van der Waals surface area (Å²) in [6.07, 6.45) is 3.33. The number of hydrogen-bond acceptors (Lipinski definition) is 6. The van der Waals surface area contributed by atoms with E-state index in [4.69, 9.17) is 9.47 Å². The molecule has 0 saturated heterocycles. The summed E-state index contributed by atoms with van der Waals surface area (Å²) in [5.41, 5.74) is 3.89. The van der Waals surface area contributed by atoms with Crippen LogP contribution in [-0.2, 0) is 16.0 Å². The third-order valence-electron chi connectivity index (χ3n) is 3.58. The second-order valence-electron chi connectivity index (χ2n) is 5.51. The van der Waals surface area contributed by atoms with E-state index >= 15 is 0 Å². The standard InChI is InChI=1S/C19H22N4O4/c1-26-16-7-6-14(11-17(16)27-2)8-10-21-18(24)12-19(25)23-22-13-15-5-3-4-9-20-15/h3-7,9,11,13H,8,10,12H2,1-2H3,(H,21,24)(H,23,25)/b22-13-. The van der Waals surface area contributed by atoms with Crippen molar-refractivity contribution >= 4 is 18.0 Å². The molecule has 0 aliphatic heterocycles. The van der Waals surface area contributed by atoms with E-state index in [1.807, 2.05) is 24.3 Å². The Morgan fingerprint density at radius 3 is 2.63 bits per heavy atom. The summed E-state index contributed by atoms with van der Waals surface area (Å²) >= 11 is 0. The molecule has 0 atom stereocenters. The number of carbonyl (C=O) groups excluding carboxylic acids is 2. The van der Waals surface area contributed by atoms with Gasteiger partial charge in [0.2, 0.25) is 11.8 Å². The van der Waals surface area contributed by atoms with Crippen LogP contribution in [0.25, 0.3) is 0 Å². The highest BCUT2D eigenvalue weighted by molar-refractivity contribution is 5.97. The van der Waals surface area contributed by atoms with Gasteiger partial charge >= 0.3 is 0 Å². The summed E-state index contributed by atoms with van der Waals surface area (Å²) < 4.78 is 10.4. The fourth-order valence-corrected chi connectivity index (χ4v) is 2.25. The molecule has 2 aromatic rings. The molecule has 0 saturated carbocycles. The van der Waals surface area contributed by atoms with Crippen LogP contribution in [0.2, 0.25) is 0 Å². The van der Waals surface area contributed by atoms with Gasteiger partial charge < -0.3 is 14.8 Å². The van der Waals surface area contributed by atoms with Crippen molar-refractivity contribution in [3.63, 3.8) is 0 Å². The van der Waals surface area contributed by atoms with Gasteiger partial charge in [0.15, 0.2) is 11.5 Å². The summed E-state index contributed by atoms with van der Waals surface area (Å²) in [7, 11) is 3.14. The highest BCUT2D eigenvalue weighted by Crippen LogP contribution is 2.27. The molecule has 1 aromatic heterocycles. The minimum absolute atomic E-state index is 0.300. The molecule has 2 rings (SSSR count). The van der Waals surface area contributed by atoms with E-state index in [0.717, 1.165) is 5.56 Å². The van der Waals surface area contributed by atoms with Gasteiger partial charge in [-0.25, -0.2) is 5.43 Å². The normalized spacial score (nSPS) is 10.4. The van der Waals surface area contributed by atoms with Crippen molar-refractivity contribution in [3.05, 3.63) is 53.9 Å². The molecule has 0 aliphatic rings. The monoisotopic (exact) mass is 370 g/mol. The van der Waals surface area contributed by atoms with Crippen molar-refractivity contribution in [2.24, 2.45) is 5.10 Å². The molecule has 1 aromatic carbocycles. The Bertz CT molecular complexity index is 794. The summed E-state index contributed by atoms with van der Waals surface area (Å²) in [5.74, 6) is 0.409. The molecule has 27 heavy (non-hydrogen) atoms. The first-order chi connectivity index (χ1) is 13.1. The Morgan fingerprint density at radius 1 is 1.11 bits per heavy atom. The van der Waals surface area contributed by atoms with Gasteiger partial charge in [-0.15, -0.1) is 0 Å². The molecule has 8 nitrogen and oxygen atoms in total. The van der Waals surface area contributed by atoms with Crippen LogP contribution >= 0.6 is 0 Å². The second-order valence-corrected chi connectivity index (χ2v) is 5.51. The van der Waals surface area contributed by atoms with E-state index in [9.17, 15) is 9.59 Å². The second kappa shape index (κ2) is 10.5. The number of benzene rings is 1. The van der Waals surface area contributed by atoms with E-state index in [1.165, 1.54) is 6.21 Å². The van der Waals surface area contributed by atoms with Crippen LogP contribution in [-0.4, -0.2) is 43.8 Å². The topological polar surface area (TPSA) is 102 Å². The zero-order valence-electron chi connectivity index (χ0n) is 15.3. The van der Waals surface area contributed by atoms with Crippen LogP contribution in [0, 0.1) is 0 Å². The SMILES string of the molecule is COc1ccc(CCNC(=O)CC(=O)N/N=C\c2ccccn2)cc1OC. The number of aromatic nitrogens is 1. The number of ether oxygens (including phenoxy) is 2. The molecule has 142 valence electrons. The maximum Gasteiger partial charge on any atom is 0.249 e. The Morgan fingerprint density at radius 2 is 1.93 bits per heavy atom. The van der Waals surface area contributed by atoms with Gasteiger partial charge in [-0.3, -0.25) is 14.6 Å². The molecule has 2 amide bonds. The quantitative estimate of drug-likeness (QED) is 0.394. The van der Waals surface area contributed by atoms with E-state index in [0.29, 0.717) is 30.2 Å². The van der Waals surface area contributed by atoms with Gasteiger partial charge in [0, 0.05) is 12.7 Å². The van der Waals surface area contributed by atoms with Crippen LogP contribution in [0.1, 0.15) is 17.7 Å². The highest BCUT2D eigenvalue weighted by Gasteiger charge is 2.09. The molecule has 8 heteroatoms. The maximum atomic E-state index is 11.8. The molecule has 2 N–H and O–H groups in total. The number of nitrogens with one attached hydrogen (secondary N) is 2. The van der Waals surface area contributed by atoms with E-state index in [-0.39, 0.29) is 12.3 Å². The largest absolute Gasteiger partial charge is 0.493 e. The van der Waals surface area contributed by atoms with Crippen molar-refractivity contribution in [1.29, 1.82) is 0 Å². The smallest absolute Gasteiger partial charge is 0.249 e. The third-order valence-corrected chi connectivity index (χ3v) is 3.58. The van der Waals surface area contributed by atoms with Gasteiger partial charge in [0.05, 0.1) is 26.1 Å². The van der Waals surface area contributed by atoms with Crippen LogP contribution in [0.4, 0.5) is 0 Å². The van der Waals surface area contributed by atoms with Crippen molar-refractivity contribution < 1.29 is 19.1 Å². The van der Waals surface area contributed by atoms with Crippen LogP contribution in [0.3, 0.4) is 0 Å². The fraction of sp³-hybridized carbons (Fsp3) is 0.263. The Kier molecular flexibility index (Phi) is 7.77. The number of pyridine rings is 1. The van der Waals surface area contributed by atoms with Crippen LogP contribution < -0.4 is 20.2 Å². The highest BCUT2D eigenvalue weighted by atomic mass is 16.5. The summed E-state index contributed by atoms with van der Waals surface area (Å²) in [4.78, 5) is 27.5. The average Bonchev–Trinajstić information content (AvgIpc) is 2.68. The zero-order valence-corrected chi connectivity index (χ0v) is 15.3. The molecule has 0 spiro atoms. The molecule has 0 unspecified atom stereocenters. The third kappa shape index (κ3) is 6.77. The van der Waals surface area contributed by atoms with E-state index < -0.39 is 5.91 Å². The lowest BCUT2D eigenvalue weighted by molar-refractivity contribution is -0.129. The minimum Gasteiger partial charge on any atom is -0.493 e. The van der Waals surface area contributed by atoms with Crippen LogP contribution in [0.5, 0.6) is 11.5 Å². The number of amides is 2. The lowest BCUT2D eigenvalue weighted by Gasteiger charge is -2.10. The van der Waals surface area contributed by atoms with Crippen molar-refractivity contribution in [2.75, 3.05) is 20.8 Å². The molecule has 0 aliphatic carbocycles. The first-order valence-corrected chi connectivity index (χ1v) is 8.33. The molecule has 1 heterocycles. The lowest BCUT2D eigenvalue weighted by Crippen LogP contribution is -2.31. The molecule has 0 radical (unpaired) electrons. The maximum absolute atomic E-state index is 11.8. The van der Waals surface area contributed by atoms with Gasteiger partial charge in [0.25, 0.3) is 0 Å². The predicted octanol–water partition coefficient (Wildman–Crippen LogP) is 1.30. The predicted molar refractivity (Wildman–Crippen MR) is 101 cm³/mol. The number of hydrogen-bond donors (Lipinski definition) is 2. The first kappa shape index (κ1) is 19.9. The van der Waals surface area contributed by atoms with Crippen molar-refractivity contribution in [2.45, 2.75) is 12.8 Å². The summed E-state index contributed by atoms with van der Waals surface area (Å²) in [6, 6.07) is 10.9. The lowest BCUT2D eigenvalue weighted by atomic mass is 10.1. The van der Waals surface area contributed by atoms with Crippen molar-refractivity contribution in [1.82, 2.24) is 15.7 Å². The number of methoxy groups -OCH3 is 2. The summed E-state index contributed by atoms with van der Waals surface area (Å²) in [6.45, 7) is 0.402. The molecular formula is C19H22N4O4. The average molecular weight is 370 g/mol. The summed E-state index contributed by atoms with van der Waals surface area (Å²) in [5, 5.41) is 6.47. The van der Waals surface area contributed by atoms with Crippen LogP contribution in [0.15, 0.2) is 47.7 Å². The zero-order chi connectivity index (χ0) is 19.5. The molecular weight excluding hydrogens is 348 g/mol. The van der Waals surface area contributed by atoms with Gasteiger partial charge in [0.1, 0.15) is 6.42 Å². The van der Waals surface area contributed by atoms with Gasteiger partial charge in [-0.1, -0.05) is 12.1 Å². The van der Waals surface area contributed by atoms with E-state index in [1.54, 1.807) is 32.5 Å². The Hall–Kier alpha value is -3.42. The van der Waals surface area contributed by atoms with E-state index in [2.05, 4.69) is 20.8 Å². The molecule has 0 fully saturated rings. The number of hydrazone groups is 1. The van der Waals surface area contributed by atoms with Gasteiger partial charge in [-0.05, 0) is 36.2 Å². The number of nitrogens with zero attached hydrogens (tertiary/aromatic N) is 2. The Labute approximate surface area is 157 Å². The fourth-order valence-electron chi connectivity index (χ4n) is 2.25. The van der Waals surface area contributed by atoms with Gasteiger partial charge in [-0.2, -0.15) is 5.10 Å². The number of rotatable bonds is 9. The molecule has 0 bridgehead atoms. The minimum atomic E-state index is -0.495. The first-order valence-electron chi connectivity index (χ1n) is 8.33. The Balaban J connectivity index is 1.71. The number of carbonyl (C=O) groups is 2. The van der Waals surface area contributed by atoms with Crippen molar-refractivity contribution in [3.8, 4) is 11.5 Å².